The van der Waals surface area contributed by atoms with Gasteiger partial charge in [0, 0.05) is 12.8 Å². The van der Waals surface area contributed by atoms with Gasteiger partial charge in [-0.05, 0) is 18.1 Å². The van der Waals surface area contributed by atoms with Crippen molar-refractivity contribution in [2.24, 2.45) is 0 Å². The van der Waals surface area contributed by atoms with Gasteiger partial charge in [-0.1, -0.05) is 0 Å². The Kier molecular flexibility index (Phi) is 1.68. The Morgan fingerprint density at radius 1 is 1.38 bits per heavy atom. The van der Waals surface area contributed by atoms with Gasteiger partial charge in [0.25, 0.3) is 5.92 Å². The van der Waals surface area contributed by atoms with Crippen molar-refractivity contribution in [1.82, 2.24) is 10.2 Å². The topological polar surface area (TPSA) is 51.8 Å². The van der Waals surface area contributed by atoms with Gasteiger partial charge in [0.1, 0.15) is 5.82 Å². The molecule has 13 heavy (non-hydrogen) atoms. The highest BCUT2D eigenvalue weighted by Gasteiger charge is 2.34. The van der Waals surface area contributed by atoms with E-state index in [2.05, 4.69) is 10.2 Å². The van der Waals surface area contributed by atoms with E-state index in [0.29, 0.717) is 11.3 Å². The number of nitrogens with zero attached hydrogens (tertiary/aromatic N) is 2. The van der Waals surface area contributed by atoms with E-state index in [1.165, 1.54) is 6.07 Å². The van der Waals surface area contributed by atoms with E-state index in [-0.39, 0.29) is 25.1 Å². The molecule has 5 heteroatoms. The number of rotatable bonds is 0. The molecule has 2 N–H and O–H groups in total. The first-order valence-electron chi connectivity index (χ1n) is 4.06. The van der Waals surface area contributed by atoms with Gasteiger partial charge in [-0.3, -0.25) is 0 Å². The van der Waals surface area contributed by atoms with Gasteiger partial charge in [-0.2, -0.15) is 5.10 Å². The third kappa shape index (κ3) is 1.59. The second-order valence-corrected chi connectivity index (χ2v) is 3.27. The summed E-state index contributed by atoms with van der Waals surface area (Å²) >= 11 is 0. The number of aromatic nitrogens is 2. The van der Waals surface area contributed by atoms with Crippen LogP contribution in [0.3, 0.4) is 0 Å². The second-order valence-electron chi connectivity index (χ2n) is 3.27. The quantitative estimate of drug-likeness (QED) is 0.660. The summed E-state index contributed by atoms with van der Waals surface area (Å²) in [6, 6.07) is 1.48. The smallest absolute Gasteiger partial charge is 0.252 e. The van der Waals surface area contributed by atoms with Crippen LogP contribution in [-0.4, -0.2) is 16.1 Å². The predicted octanol–water partition coefficient (Wildman–Crippen LogP) is 1.18. The van der Waals surface area contributed by atoms with Gasteiger partial charge in [-0.25, -0.2) is 8.78 Å². The first-order valence-corrected chi connectivity index (χ1v) is 4.06. The Labute approximate surface area is 74.0 Å². The molecule has 1 aromatic rings. The lowest BCUT2D eigenvalue weighted by atomic mass is 9.93. The van der Waals surface area contributed by atoms with Crippen molar-refractivity contribution in [3.63, 3.8) is 0 Å². The zero-order chi connectivity index (χ0) is 9.47. The Morgan fingerprint density at radius 2 is 2.15 bits per heavy atom. The summed E-state index contributed by atoms with van der Waals surface area (Å²) in [6.07, 6.45) is -0.115. The molecule has 0 fully saturated rings. The van der Waals surface area contributed by atoms with Gasteiger partial charge < -0.3 is 5.73 Å². The minimum absolute atomic E-state index is 0.140. The number of nitrogens with two attached hydrogens (primary N) is 1. The van der Waals surface area contributed by atoms with Crippen LogP contribution in [0.5, 0.6) is 0 Å². The van der Waals surface area contributed by atoms with E-state index in [9.17, 15) is 8.78 Å². The SMILES string of the molecule is Nc1cc2c(nn1)CCC(F)(F)C2. The van der Waals surface area contributed by atoms with Crippen molar-refractivity contribution in [2.45, 2.75) is 25.2 Å². The molecule has 70 valence electrons. The molecule has 3 nitrogen and oxygen atoms in total. The van der Waals surface area contributed by atoms with E-state index in [1.54, 1.807) is 0 Å². The van der Waals surface area contributed by atoms with E-state index in [1.807, 2.05) is 0 Å². The highest BCUT2D eigenvalue weighted by atomic mass is 19.3. The standard InChI is InChI=1S/C8H9F2N3/c9-8(10)2-1-6-5(4-8)3-7(11)13-12-6/h3H,1-2,4H2,(H2,11,13). The van der Waals surface area contributed by atoms with Crippen molar-refractivity contribution in [1.29, 1.82) is 0 Å². The van der Waals surface area contributed by atoms with Crippen LogP contribution in [-0.2, 0) is 12.8 Å². The summed E-state index contributed by atoms with van der Waals surface area (Å²) in [4.78, 5) is 0. The van der Waals surface area contributed by atoms with Crippen molar-refractivity contribution in [2.75, 3.05) is 5.73 Å². The maximum Gasteiger partial charge on any atom is 0.252 e. The molecule has 0 spiro atoms. The van der Waals surface area contributed by atoms with Crippen LogP contribution in [0.25, 0.3) is 0 Å². The average Bonchev–Trinajstić information content (AvgIpc) is 2.01. The maximum absolute atomic E-state index is 12.9. The number of nitrogen functional groups attached to an aromatic ring is 1. The Bertz CT molecular complexity index is 338. The lowest BCUT2D eigenvalue weighted by Crippen LogP contribution is -2.27. The third-order valence-electron chi connectivity index (χ3n) is 2.16. The summed E-state index contributed by atoms with van der Waals surface area (Å²) in [5.74, 6) is -2.40. The summed E-state index contributed by atoms with van der Waals surface area (Å²) in [5.41, 5.74) is 6.54. The molecule has 0 saturated heterocycles. The van der Waals surface area contributed by atoms with Crippen LogP contribution in [0.4, 0.5) is 14.6 Å². The summed E-state index contributed by atoms with van der Waals surface area (Å²) in [7, 11) is 0. The van der Waals surface area contributed by atoms with Crippen molar-refractivity contribution < 1.29 is 8.78 Å². The number of alkyl halides is 2. The Balaban J connectivity index is 2.38. The van der Waals surface area contributed by atoms with Crippen molar-refractivity contribution in [3.05, 3.63) is 17.3 Å². The molecular weight excluding hydrogens is 176 g/mol. The molecule has 1 heterocycles. The second kappa shape index (κ2) is 2.61. The van der Waals surface area contributed by atoms with Crippen LogP contribution < -0.4 is 5.73 Å². The molecule has 2 rings (SSSR count). The maximum atomic E-state index is 12.9. The molecule has 0 aliphatic heterocycles. The zero-order valence-corrected chi connectivity index (χ0v) is 6.93. The molecule has 0 atom stereocenters. The minimum atomic E-state index is -2.61. The number of anilines is 1. The van der Waals surface area contributed by atoms with Gasteiger partial charge in [0.2, 0.25) is 0 Å². The van der Waals surface area contributed by atoms with Crippen molar-refractivity contribution in [3.8, 4) is 0 Å². The lowest BCUT2D eigenvalue weighted by molar-refractivity contribution is -0.0129. The molecular formula is C8H9F2N3. The zero-order valence-electron chi connectivity index (χ0n) is 6.93. The first-order chi connectivity index (χ1) is 6.07. The molecule has 0 amide bonds. The molecule has 1 aromatic heterocycles. The number of aryl methyl sites for hydroxylation is 1. The highest BCUT2D eigenvalue weighted by Crippen LogP contribution is 2.31. The van der Waals surface area contributed by atoms with E-state index < -0.39 is 5.92 Å². The fourth-order valence-corrected chi connectivity index (χ4v) is 1.50. The lowest BCUT2D eigenvalue weighted by Gasteiger charge is -2.22. The van der Waals surface area contributed by atoms with Crippen molar-refractivity contribution >= 4 is 5.82 Å². The van der Waals surface area contributed by atoms with Crippen LogP contribution in [0.1, 0.15) is 17.7 Å². The summed E-state index contributed by atoms with van der Waals surface area (Å²) in [5, 5.41) is 7.40. The normalized spacial score (nSPS) is 19.5. The Hall–Kier alpha value is -1.26. The van der Waals surface area contributed by atoms with Crippen LogP contribution >= 0.6 is 0 Å². The molecule has 0 radical (unpaired) electrons. The monoisotopic (exact) mass is 185 g/mol. The predicted molar refractivity (Wildman–Crippen MR) is 43.4 cm³/mol. The molecule has 0 saturated carbocycles. The van der Waals surface area contributed by atoms with Gasteiger partial charge in [0.05, 0.1) is 5.69 Å². The van der Waals surface area contributed by atoms with Gasteiger partial charge >= 0.3 is 0 Å². The summed E-state index contributed by atoms with van der Waals surface area (Å²) in [6.45, 7) is 0. The third-order valence-corrected chi connectivity index (χ3v) is 2.16. The van der Waals surface area contributed by atoms with E-state index in [0.717, 1.165) is 0 Å². The number of fused-ring (bicyclic) bond motifs is 1. The molecule has 0 unspecified atom stereocenters. The number of halogens is 2. The largest absolute Gasteiger partial charge is 0.382 e. The minimum Gasteiger partial charge on any atom is -0.382 e. The van der Waals surface area contributed by atoms with E-state index in [4.69, 9.17) is 5.73 Å². The Morgan fingerprint density at radius 3 is 2.92 bits per heavy atom. The van der Waals surface area contributed by atoms with Gasteiger partial charge in [0.15, 0.2) is 0 Å². The fourth-order valence-electron chi connectivity index (χ4n) is 1.50. The fraction of sp³-hybridized carbons (Fsp3) is 0.500. The van der Waals surface area contributed by atoms with Gasteiger partial charge in [-0.15, -0.1) is 5.10 Å². The molecule has 1 aliphatic carbocycles. The number of hydrogen-bond acceptors (Lipinski definition) is 3. The molecule has 0 bridgehead atoms. The molecule has 1 aliphatic rings. The van der Waals surface area contributed by atoms with Crippen LogP contribution in [0, 0.1) is 0 Å². The highest BCUT2D eigenvalue weighted by molar-refractivity contribution is 5.35. The number of hydrogen-bond donors (Lipinski definition) is 1. The average molecular weight is 185 g/mol. The molecule has 0 aromatic carbocycles. The summed E-state index contributed by atoms with van der Waals surface area (Å²) < 4.78 is 25.9. The van der Waals surface area contributed by atoms with Crippen LogP contribution in [0.2, 0.25) is 0 Å². The van der Waals surface area contributed by atoms with E-state index >= 15 is 0 Å². The first kappa shape index (κ1) is 8.34. The van der Waals surface area contributed by atoms with Crippen LogP contribution in [0.15, 0.2) is 6.07 Å².